The molecule has 1 aromatic rings. The Morgan fingerprint density at radius 2 is 2.00 bits per heavy atom. The Morgan fingerprint density at radius 3 is 2.70 bits per heavy atom. The summed E-state index contributed by atoms with van der Waals surface area (Å²) in [6, 6.07) is 6.67. The molecule has 0 aliphatic carbocycles. The zero-order valence-electron chi connectivity index (χ0n) is 16.7. The van der Waals surface area contributed by atoms with Crippen LogP contribution in [0, 0.1) is 0 Å². The maximum Gasteiger partial charge on any atom is 0.127 e. The van der Waals surface area contributed by atoms with Gasteiger partial charge in [0.15, 0.2) is 0 Å². The van der Waals surface area contributed by atoms with Gasteiger partial charge in [0.05, 0.1) is 7.11 Å². The molecule has 0 bridgehead atoms. The number of likely N-dealkylation sites (tertiary alicyclic amines) is 1. The minimum atomic E-state index is -0.463. The number of aliphatic hydroxyl groups is 1. The molecule has 0 radical (unpaired) electrons. The number of β-amino-alcohol motifs (C(OH)–C–C–N with tert-alkyl or cyclic N) is 1. The van der Waals surface area contributed by atoms with Crippen LogP contribution in [0.1, 0.15) is 31.2 Å². The van der Waals surface area contributed by atoms with E-state index in [0.717, 1.165) is 36.7 Å². The van der Waals surface area contributed by atoms with E-state index in [2.05, 4.69) is 34.7 Å². The lowest BCUT2D eigenvalue weighted by atomic mass is 10.1. The highest BCUT2D eigenvalue weighted by Gasteiger charge is 2.21. The van der Waals surface area contributed by atoms with Gasteiger partial charge in [-0.05, 0) is 63.4 Å². The van der Waals surface area contributed by atoms with Gasteiger partial charge < -0.3 is 19.5 Å². The zero-order valence-corrected chi connectivity index (χ0v) is 17.5. The Bertz CT molecular complexity index is 575. The molecule has 0 aromatic heterocycles. The van der Waals surface area contributed by atoms with Crippen molar-refractivity contribution in [1.29, 1.82) is 0 Å². The standard InChI is InChI=1S/C21H34N2O3S/c1-22(18-7-11-27-12-8-18)14-17-5-6-20(25-2)13-21(17)26-16-19(24)15-23-9-3-4-10-23/h5-6,13,18-19,24H,3-4,7-12,14-16H2,1-2H3. The highest BCUT2D eigenvalue weighted by atomic mass is 32.2. The lowest BCUT2D eigenvalue weighted by Gasteiger charge is -2.31. The van der Waals surface area contributed by atoms with Crippen molar-refractivity contribution in [3.8, 4) is 11.5 Å². The van der Waals surface area contributed by atoms with Gasteiger partial charge in [-0.1, -0.05) is 6.07 Å². The fourth-order valence-corrected chi connectivity index (χ4v) is 5.03. The molecule has 5 nitrogen and oxygen atoms in total. The Balaban J connectivity index is 1.59. The summed E-state index contributed by atoms with van der Waals surface area (Å²) in [6.45, 7) is 4.05. The first-order valence-corrected chi connectivity index (χ1v) is 11.3. The number of rotatable bonds is 9. The Labute approximate surface area is 168 Å². The van der Waals surface area contributed by atoms with Gasteiger partial charge in [-0.25, -0.2) is 0 Å². The van der Waals surface area contributed by atoms with Gasteiger partial charge in [0.2, 0.25) is 0 Å². The molecule has 1 atom stereocenters. The van der Waals surface area contributed by atoms with Gasteiger partial charge in [0.25, 0.3) is 0 Å². The van der Waals surface area contributed by atoms with Crippen molar-refractivity contribution in [3.05, 3.63) is 23.8 Å². The third-order valence-electron chi connectivity index (χ3n) is 5.61. The van der Waals surface area contributed by atoms with Crippen molar-refractivity contribution >= 4 is 11.8 Å². The van der Waals surface area contributed by atoms with Gasteiger partial charge in [-0.2, -0.15) is 11.8 Å². The number of hydrogen-bond acceptors (Lipinski definition) is 6. The number of thioether (sulfide) groups is 1. The van der Waals surface area contributed by atoms with Gasteiger partial charge in [-0.15, -0.1) is 0 Å². The average molecular weight is 395 g/mol. The van der Waals surface area contributed by atoms with Gasteiger partial charge in [0, 0.05) is 30.8 Å². The molecular weight excluding hydrogens is 360 g/mol. The minimum absolute atomic E-state index is 0.320. The molecule has 2 fully saturated rings. The Morgan fingerprint density at radius 1 is 1.26 bits per heavy atom. The second kappa shape index (κ2) is 10.6. The van der Waals surface area contributed by atoms with Crippen molar-refractivity contribution in [2.24, 2.45) is 0 Å². The molecule has 3 rings (SSSR count). The molecule has 2 heterocycles. The maximum atomic E-state index is 10.4. The van der Waals surface area contributed by atoms with Crippen LogP contribution in [-0.2, 0) is 6.54 Å². The summed E-state index contributed by atoms with van der Waals surface area (Å²) in [5.74, 6) is 4.12. The van der Waals surface area contributed by atoms with E-state index in [1.165, 1.54) is 37.2 Å². The van der Waals surface area contributed by atoms with E-state index in [4.69, 9.17) is 9.47 Å². The van der Waals surface area contributed by atoms with Gasteiger partial charge >= 0.3 is 0 Å². The third-order valence-corrected chi connectivity index (χ3v) is 6.66. The Hall–Kier alpha value is -0.950. The summed E-state index contributed by atoms with van der Waals surface area (Å²) in [6.07, 6.45) is 4.51. The lowest BCUT2D eigenvalue weighted by Crippen LogP contribution is -2.35. The van der Waals surface area contributed by atoms with Crippen LogP contribution < -0.4 is 9.47 Å². The summed E-state index contributed by atoms with van der Waals surface area (Å²) in [5, 5.41) is 10.4. The molecule has 1 aromatic carbocycles. The van der Waals surface area contributed by atoms with Crippen LogP contribution >= 0.6 is 11.8 Å². The number of nitrogens with zero attached hydrogens (tertiary/aromatic N) is 2. The molecule has 1 N–H and O–H groups in total. The van der Waals surface area contributed by atoms with E-state index in [0.29, 0.717) is 19.2 Å². The molecular formula is C21H34N2O3S. The predicted octanol–water partition coefficient (Wildman–Crippen LogP) is 2.86. The van der Waals surface area contributed by atoms with Crippen LogP contribution in [0.3, 0.4) is 0 Å². The smallest absolute Gasteiger partial charge is 0.127 e. The highest BCUT2D eigenvalue weighted by molar-refractivity contribution is 7.99. The zero-order chi connectivity index (χ0) is 19.1. The number of benzene rings is 1. The average Bonchev–Trinajstić information content (AvgIpc) is 3.20. The normalized spacial score (nSPS) is 20.1. The van der Waals surface area contributed by atoms with E-state index in [9.17, 15) is 5.11 Å². The van der Waals surface area contributed by atoms with Crippen LogP contribution in [0.2, 0.25) is 0 Å². The Kier molecular flexibility index (Phi) is 8.12. The first kappa shape index (κ1) is 20.8. The van der Waals surface area contributed by atoms with E-state index in [1.54, 1.807) is 7.11 Å². The van der Waals surface area contributed by atoms with E-state index in [-0.39, 0.29) is 0 Å². The third kappa shape index (κ3) is 6.28. The number of ether oxygens (including phenoxy) is 2. The molecule has 0 spiro atoms. The maximum absolute atomic E-state index is 10.4. The van der Waals surface area contributed by atoms with E-state index in [1.807, 2.05) is 12.1 Å². The van der Waals surface area contributed by atoms with E-state index < -0.39 is 6.10 Å². The minimum Gasteiger partial charge on any atom is -0.497 e. The highest BCUT2D eigenvalue weighted by Crippen LogP contribution is 2.28. The van der Waals surface area contributed by atoms with Crippen molar-refractivity contribution in [2.45, 2.75) is 44.4 Å². The largest absolute Gasteiger partial charge is 0.497 e. The number of aliphatic hydroxyl groups excluding tert-OH is 1. The summed E-state index contributed by atoms with van der Waals surface area (Å²) in [7, 11) is 3.88. The summed E-state index contributed by atoms with van der Waals surface area (Å²) >= 11 is 2.05. The SMILES string of the molecule is COc1ccc(CN(C)C2CCSCC2)c(OCC(O)CN2CCCC2)c1. The lowest BCUT2D eigenvalue weighted by molar-refractivity contribution is 0.0748. The van der Waals surface area contributed by atoms with Crippen LogP contribution in [-0.4, -0.2) is 79.0 Å². The molecule has 0 amide bonds. The van der Waals surface area contributed by atoms with E-state index >= 15 is 0 Å². The molecule has 27 heavy (non-hydrogen) atoms. The van der Waals surface area contributed by atoms with Gasteiger partial charge in [0.1, 0.15) is 24.2 Å². The number of hydrogen-bond donors (Lipinski definition) is 1. The molecule has 152 valence electrons. The molecule has 6 heteroatoms. The van der Waals surface area contributed by atoms with Crippen LogP contribution in [0.4, 0.5) is 0 Å². The van der Waals surface area contributed by atoms with Crippen molar-refractivity contribution in [3.63, 3.8) is 0 Å². The molecule has 2 saturated heterocycles. The summed E-state index contributed by atoms with van der Waals surface area (Å²) in [4.78, 5) is 4.75. The molecule has 2 aliphatic heterocycles. The van der Waals surface area contributed by atoms with Crippen LogP contribution in [0.25, 0.3) is 0 Å². The summed E-state index contributed by atoms with van der Waals surface area (Å²) < 4.78 is 11.4. The second-order valence-electron chi connectivity index (χ2n) is 7.70. The topological polar surface area (TPSA) is 45.2 Å². The quantitative estimate of drug-likeness (QED) is 0.695. The molecule has 0 saturated carbocycles. The molecule has 2 aliphatic rings. The van der Waals surface area contributed by atoms with Crippen molar-refractivity contribution in [2.75, 3.05) is 51.9 Å². The van der Waals surface area contributed by atoms with Crippen molar-refractivity contribution < 1.29 is 14.6 Å². The second-order valence-corrected chi connectivity index (χ2v) is 8.93. The van der Waals surface area contributed by atoms with Crippen molar-refractivity contribution in [1.82, 2.24) is 9.80 Å². The monoisotopic (exact) mass is 394 g/mol. The predicted molar refractivity (Wildman–Crippen MR) is 112 cm³/mol. The first-order chi connectivity index (χ1) is 13.2. The summed E-state index contributed by atoms with van der Waals surface area (Å²) in [5.41, 5.74) is 1.16. The first-order valence-electron chi connectivity index (χ1n) is 10.1. The van der Waals surface area contributed by atoms with Gasteiger partial charge in [-0.3, -0.25) is 4.90 Å². The molecule has 1 unspecified atom stereocenters. The fourth-order valence-electron chi connectivity index (χ4n) is 3.95. The van der Waals surface area contributed by atoms with Crippen LogP contribution in [0.15, 0.2) is 18.2 Å². The van der Waals surface area contributed by atoms with Crippen LogP contribution in [0.5, 0.6) is 11.5 Å². The number of methoxy groups -OCH3 is 1. The fraction of sp³-hybridized carbons (Fsp3) is 0.714.